The first-order valence-electron chi connectivity index (χ1n) is 4.54. The van der Waals surface area contributed by atoms with Gasteiger partial charge in [0.1, 0.15) is 12.5 Å². The van der Waals surface area contributed by atoms with Crippen LogP contribution in [0.5, 0.6) is 0 Å². The number of carbonyl (C=O) groups is 2. The van der Waals surface area contributed by atoms with Gasteiger partial charge in [0.05, 0.1) is 6.61 Å². The summed E-state index contributed by atoms with van der Waals surface area (Å²) in [5.74, 6) is -0.612. The predicted molar refractivity (Wildman–Crippen MR) is 45.2 cm³/mol. The first kappa shape index (κ1) is 10.2. The van der Waals surface area contributed by atoms with Gasteiger partial charge in [-0.2, -0.15) is 0 Å². The Hall–Kier alpha value is -0.900. The maximum absolute atomic E-state index is 11.3. The Labute approximate surface area is 77.2 Å². The number of ketones is 1. The van der Waals surface area contributed by atoms with Gasteiger partial charge in [-0.1, -0.05) is 0 Å². The minimum absolute atomic E-state index is 0.154. The molecule has 74 valence electrons. The first-order valence-corrected chi connectivity index (χ1v) is 4.54. The lowest BCUT2D eigenvalue weighted by Gasteiger charge is -2.06. The summed E-state index contributed by atoms with van der Waals surface area (Å²) in [7, 11) is 0. The number of carbonyl (C=O) groups excluding carboxylic acids is 2. The first-order chi connectivity index (χ1) is 6.24. The van der Waals surface area contributed by atoms with E-state index < -0.39 is 5.97 Å². The second-order valence-electron chi connectivity index (χ2n) is 2.95. The molecule has 0 amide bonds. The summed E-state index contributed by atoms with van der Waals surface area (Å²) in [6, 6.07) is 0. The number of hydrogen-bond donors (Lipinski definition) is 0. The molecule has 0 aliphatic carbocycles. The largest absolute Gasteiger partial charge is 0.466 e. The predicted octanol–water partition coefficient (Wildman–Crippen LogP) is 0.688. The fourth-order valence-electron chi connectivity index (χ4n) is 1.30. The molecule has 1 fully saturated rings. The highest BCUT2D eigenvalue weighted by Crippen LogP contribution is 2.14. The third-order valence-electron chi connectivity index (χ3n) is 1.91. The van der Waals surface area contributed by atoms with Crippen LogP contribution in [0.2, 0.25) is 0 Å². The van der Waals surface area contributed by atoms with Gasteiger partial charge in [-0.25, -0.2) is 0 Å². The van der Waals surface area contributed by atoms with E-state index in [1.165, 1.54) is 0 Å². The molecule has 13 heavy (non-hydrogen) atoms. The third-order valence-corrected chi connectivity index (χ3v) is 1.91. The van der Waals surface area contributed by atoms with Gasteiger partial charge >= 0.3 is 5.97 Å². The van der Waals surface area contributed by atoms with Crippen molar-refractivity contribution in [2.45, 2.75) is 32.3 Å². The van der Waals surface area contributed by atoms with Crippen LogP contribution in [0.3, 0.4) is 0 Å². The quantitative estimate of drug-likeness (QED) is 0.478. The van der Waals surface area contributed by atoms with Gasteiger partial charge < -0.3 is 9.47 Å². The number of Topliss-reactive ketones (excluding diaryl/α,β-unsaturated/α-hetero) is 1. The van der Waals surface area contributed by atoms with E-state index in [1.54, 1.807) is 6.92 Å². The van der Waals surface area contributed by atoms with E-state index in [0.717, 1.165) is 12.8 Å². The summed E-state index contributed by atoms with van der Waals surface area (Å²) in [5.41, 5.74) is 0. The molecule has 1 heterocycles. The Morgan fingerprint density at radius 2 is 2.31 bits per heavy atom. The summed E-state index contributed by atoms with van der Waals surface area (Å²) < 4.78 is 9.79. The minimum Gasteiger partial charge on any atom is -0.466 e. The van der Waals surface area contributed by atoms with Crippen molar-refractivity contribution in [3.05, 3.63) is 0 Å². The van der Waals surface area contributed by atoms with Gasteiger partial charge in [-0.3, -0.25) is 9.59 Å². The van der Waals surface area contributed by atoms with Crippen LogP contribution in [-0.4, -0.2) is 31.1 Å². The Balaban J connectivity index is 2.27. The maximum atomic E-state index is 11.3. The molecule has 0 N–H and O–H groups in total. The minimum atomic E-state index is -0.456. The number of rotatable bonds is 4. The van der Waals surface area contributed by atoms with Gasteiger partial charge in [0.15, 0.2) is 5.78 Å². The molecule has 4 nitrogen and oxygen atoms in total. The van der Waals surface area contributed by atoms with E-state index in [9.17, 15) is 9.59 Å². The number of esters is 1. The molecule has 0 saturated carbocycles. The van der Waals surface area contributed by atoms with Crippen LogP contribution in [-0.2, 0) is 19.1 Å². The Morgan fingerprint density at radius 1 is 1.54 bits per heavy atom. The van der Waals surface area contributed by atoms with Crippen LogP contribution >= 0.6 is 0 Å². The Morgan fingerprint density at radius 3 is 2.85 bits per heavy atom. The highest BCUT2D eigenvalue weighted by atomic mass is 16.5. The van der Waals surface area contributed by atoms with Crippen molar-refractivity contribution in [2.75, 3.05) is 13.2 Å². The molecule has 0 unspecified atom stereocenters. The van der Waals surface area contributed by atoms with Gasteiger partial charge in [0, 0.05) is 6.61 Å². The second kappa shape index (κ2) is 4.97. The Kier molecular flexibility index (Phi) is 3.89. The van der Waals surface area contributed by atoms with Crippen LogP contribution in [0, 0.1) is 0 Å². The molecule has 0 aromatic rings. The van der Waals surface area contributed by atoms with E-state index in [2.05, 4.69) is 4.74 Å². The monoisotopic (exact) mass is 186 g/mol. The molecule has 1 atom stereocenters. The second-order valence-corrected chi connectivity index (χ2v) is 2.95. The van der Waals surface area contributed by atoms with Crippen molar-refractivity contribution in [3.8, 4) is 0 Å². The number of ether oxygens (including phenoxy) is 2. The zero-order chi connectivity index (χ0) is 9.68. The molecule has 0 radical (unpaired) electrons. The third kappa shape index (κ3) is 3.14. The summed E-state index contributed by atoms with van der Waals surface area (Å²) in [5, 5.41) is 0. The van der Waals surface area contributed by atoms with Gasteiger partial charge in [0.25, 0.3) is 0 Å². The van der Waals surface area contributed by atoms with E-state index in [-0.39, 0.29) is 18.3 Å². The maximum Gasteiger partial charge on any atom is 0.313 e. The lowest BCUT2D eigenvalue weighted by atomic mass is 10.1. The number of hydrogen-bond acceptors (Lipinski definition) is 4. The summed E-state index contributed by atoms with van der Waals surface area (Å²) >= 11 is 0. The normalized spacial score (nSPS) is 21.5. The van der Waals surface area contributed by atoms with Crippen molar-refractivity contribution in [1.29, 1.82) is 0 Å². The summed E-state index contributed by atoms with van der Waals surface area (Å²) in [6.45, 7) is 2.66. The fraction of sp³-hybridized carbons (Fsp3) is 0.778. The molecular formula is C9H14O4. The molecule has 1 saturated heterocycles. The van der Waals surface area contributed by atoms with Crippen LogP contribution in [0.4, 0.5) is 0 Å². The zero-order valence-corrected chi connectivity index (χ0v) is 7.75. The SMILES string of the molecule is CCOC(=O)CC(=O)[C@H]1CCCO1. The lowest BCUT2D eigenvalue weighted by molar-refractivity contribution is -0.147. The molecule has 1 rings (SSSR count). The van der Waals surface area contributed by atoms with Crippen LogP contribution < -0.4 is 0 Å². The van der Waals surface area contributed by atoms with Crippen LogP contribution in [0.15, 0.2) is 0 Å². The highest BCUT2D eigenvalue weighted by molar-refractivity contribution is 5.98. The van der Waals surface area contributed by atoms with Crippen molar-refractivity contribution in [2.24, 2.45) is 0 Å². The lowest BCUT2D eigenvalue weighted by Crippen LogP contribution is -2.23. The molecule has 0 spiro atoms. The standard InChI is InChI=1S/C9H14O4/c1-2-12-9(11)6-7(10)8-4-3-5-13-8/h8H,2-6H2,1H3/t8-/m1/s1. The van der Waals surface area contributed by atoms with E-state index in [1.807, 2.05) is 0 Å². The van der Waals surface area contributed by atoms with Crippen molar-refractivity contribution < 1.29 is 19.1 Å². The van der Waals surface area contributed by atoms with E-state index in [0.29, 0.717) is 13.2 Å². The molecule has 0 aromatic carbocycles. The van der Waals surface area contributed by atoms with Crippen molar-refractivity contribution in [1.82, 2.24) is 0 Å². The van der Waals surface area contributed by atoms with Crippen molar-refractivity contribution >= 4 is 11.8 Å². The molecule has 4 heteroatoms. The Bertz CT molecular complexity index is 194. The molecule has 1 aliphatic heterocycles. The average Bonchev–Trinajstić information content (AvgIpc) is 2.55. The van der Waals surface area contributed by atoms with Crippen LogP contribution in [0.1, 0.15) is 26.2 Å². The van der Waals surface area contributed by atoms with E-state index >= 15 is 0 Å². The van der Waals surface area contributed by atoms with Gasteiger partial charge in [0.2, 0.25) is 0 Å². The van der Waals surface area contributed by atoms with Crippen LogP contribution in [0.25, 0.3) is 0 Å². The fourth-order valence-corrected chi connectivity index (χ4v) is 1.30. The molecule has 0 aromatic heterocycles. The average molecular weight is 186 g/mol. The van der Waals surface area contributed by atoms with Gasteiger partial charge in [-0.15, -0.1) is 0 Å². The molecule has 0 bridgehead atoms. The summed E-state index contributed by atoms with van der Waals surface area (Å²) in [4.78, 5) is 22.2. The zero-order valence-electron chi connectivity index (χ0n) is 7.75. The smallest absolute Gasteiger partial charge is 0.313 e. The van der Waals surface area contributed by atoms with E-state index in [4.69, 9.17) is 4.74 Å². The van der Waals surface area contributed by atoms with Crippen molar-refractivity contribution in [3.63, 3.8) is 0 Å². The van der Waals surface area contributed by atoms with Gasteiger partial charge in [-0.05, 0) is 19.8 Å². The molecular weight excluding hydrogens is 172 g/mol. The summed E-state index contributed by atoms with van der Waals surface area (Å²) in [6.07, 6.45) is 1.11. The highest BCUT2D eigenvalue weighted by Gasteiger charge is 2.25. The topological polar surface area (TPSA) is 52.6 Å². The molecule has 1 aliphatic rings.